The van der Waals surface area contributed by atoms with Crippen molar-refractivity contribution in [3.63, 3.8) is 0 Å². The minimum absolute atomic E-state index is 0.137. The first-order valence-electron chi connectivity index (χ1n) is 6.52. The molecule has 1 heterocycles. The van der Waals surface area contributed by atoms with Gasteiger partial charge in [0.1, 0.15) is 11.4 Å². The summed E-state index contributed by atoms with van der Waals surface area (Å²) in [4.78, 5) is 0. The molecular formula is C16H25NO. The summed E-state index contributed by atoms with van der Waals surface area (Å²) in [7, 11) is 0. The molecule has 0 bridgehead atoms. The summed E-state index contributed by atoms with van der Waals surface area (Å²) >= 11 is 0. The van der Waals surface area contributed by atoms with Crippen LogP contribution in [0.25, 0.3) is 0 Å². The van der Waals surface area contributed by atoms with E-state index >= 15 is 0 Å². The summed E-state index contributed by atoms with van der Waals surface area (Å²) in [5.74, 6) is 1.46. The normalized spacial score (nSPS) is 22.9. The highest BCUT2D eigenvalue weighted by Crippen LogP contribution is 2.44. The fraction of sp³-hybridized carbons (Fsp3) is 0.500. The van der Waals surface area contributed by atoms with E-state index in [1.165, 1.54) is 0 Å². The van der Waals surface area contributed by atoms with Gasteiger partial charge in [0.25, 0.3) is 0 Å². The lowest BCUT2D eigenvalue weighted by Gasteiger charge is -2.41. The number of hydrogen-bond acceptors (Lipinski definition) is 2. The Hall–Kier alpha value is -1.28. The van der Waals surface area contributed by atoms with E-state index in [0.717, 1.165) is 11.3 Å². The van der Waals surface area contributed by atoms with Crippen LogP contribution in [0, 0.1) is 11.8 Å². The molecule has 2 nitrogen and oxygen atoms in total. The van der Waals surface area contributed by atoms with E-state index in [4.69, 9.17) is 10.5 Å². The molecule has 1 rings (SSSR count). The van der Waals surface area contributed by atoms with Gasteiger partial charge in [-0.15, -0.1) is 0 Å². The van der Waals surface area contributed by atoms with Crippen molar-refractivity contribution in [2.45, 2.75) is 39.3 Å². The first-order chi connectivity index (χ1) is 8.41. The molecule has 0 saturated carbocycles. The molecular weight excluding hydrogens is 222 g/mol. The summed E-state index contributed by atoms with van der Waals surface area (Å²) < 4.78 is 6.19. The average Bonchev–Trinajstić information content (AvgIpc) is 2.60. The van der Waals surface area contributed by atoms with E-state index in [1.807, 2.05) is 12.2 Å². The quantitative estimate of drug-likeness (QED) is 0.754. The number of ether oxygens (including phenoxy) is 1. The van der Waals surface area contributed by atoms with Crippen LogP contribution in [0.3, 0.4) is 0 Å². The summed E-state index contributed by atoms with van der Waals surface area (Å²) in [6.07, 6.45) is 7.35. The molecule has 0 amide bonds. The van der Waals surface area contributed by atoms with Gasteiger partial charge in [0.2, 0.25) is 0 Å². The maximum atomic E-state index is 6.45. The Balaban J connectivity index is 3.24. The lowest BCUT2D eigenvalue weighted by molar-refractivity contribution is -0.0591. The Bertz CT molecular complexity index is 380. The fourth-order valence-corrected chi connectivity index (χ4v) is 2.85. The van der Waals surface area contributed by atoms with Crippen LogP contribution in [-0.4, -0.2) is 11.6 Å². The first-order valence-corrected chi connectivity index (χ1v) is 6.52. The smallest absolute Gasteiger partial charge is 0.133 e. The molecule has 2 heteroatoms. The summed E-state index contributed by atoms with van der Waals surface area (Å²) in [6.45, 7) is 16.1. The van der Waals surface area contributed by atoms with Gasteiger partial charge >= 0.3 is 0 Å². The van der Waals surface area contributed by atoms with Gasteiger partial charge in [-0.2, -0.15) is 0 Å². The molecule has 0 unspecified atom stereocenters. The van der Waals surface area contributed by atoms with E-state index in [1.54, 1.807) is 12.2 Å². The number of allylic oxidation sites excluding steroid dienone is 3. The minimum atomic E-state index is -0.357. The molecule has 1 atom stereocenters. The van der Waals surface area contributed by atoms with E-state index < -0.39 is 0 Å². The number of hydrogen-bond donors (Lipinski definition) is 1. The molecule has 0 spiro atoms. The highest BCUT2D eigenvalue weighted by molar-refractivity contribution is 5.41. The molecule has 0 aromatic rings. The Morgan fingerprint density at radius 3 is 2.17 bits per heavy atom. The topological polar surface area (TPSA) is 35.2 Å². The first kappa shape index (κ1) is 14.8. The predicted octanol–water partition coefficient (Wildman–Crippen LogP) is 3.58. The molecule has 2 N–H and O–H groups in total. The zero-order valence-electron chi connectivity index (χ0n) is 11.9. The van der Waals surface area contributed by atoms with Gasteiger partial charge in [-0.25, -0.2) is 0 Å². The van der Waals surface area contributed by atoms with Crippen LogP contribution in [0.1, 0.15) is 27.7 Å². The molecule has 1 aliphatic heterocycles. The van der Waals surface area contributed by atoms with Crippen molar-refractivity contribution in [3.05, 3.63) is 48.8 Å². The molecule has 0 aromatic heterocycles. The van der Waals surface area contributed by atoms with Crippen LogP contribution in [0.2, 0.25) is 0 Å². The summed E-state index contributed by atoms with van der Waals surface area (Å²) in [5.41, 5.74) is 7.10. The average molecular weight is 247 g/mol. The fourth-order valence-electron chi connectivity index (χ4n) is 2.85. The molecule has 0 saturated heterocycles. The van der Waals surface area contributed by atoms with Gasteiger partial charge in [0.15, 0.2) is 0 Å². The van der Waals surface area contributed by atoms with Crippen LogP contribution in [-0.2, 0) is 4.74 Å². The van der Waals surface area contributed by atoms with Crippen molar-refractivity contribution >= 4 is 0 Å². The van der Waals surface area contributed by atoms with Crippen molar-refractivity contribution < 1.29 is 4.74 Å². The highest BCUT2D eigenvalue weighted by Gasteiger charge is 2.51. The molecule has 100 valence electrons. The van der Waals surface area contributed by atoms with Crippen LogP contribution in [0.4, 0.5) is 0 Å². The zero-order chi connectivity index (χ0) is 13.9. The van der Waals surface area contributed by atoms with Crippen molar-refractivity contribution in [1.82, 2.24) is 0 Å². The third-order valence-electron chi connectivity index (χ3n) is 3.79. The Morgan fingerprint density at radius 2 is 1.78 bits per heavy atom. The van der Waals surface area contributed by atoms with Crippen LogP contribution in [0.15, 0.2) is 48.8 Å². The second-order valence-electron chi connectivity index (χ2n) is 5.36. The van der Waals surface area contributed by atoms with E-state index in [9.17, 15) is 0 Å². The van der Waals surface area contributed by atoms with Crippen LogP contribution >= 0.6 is 0 Å². The van der Waals surface area contributed by atoms with Gasteiger partial charge in [-0.1, -0.05) is 59.1 Å². The zero-order valence-corrected chi connectivity index (χ0v) is 11.9. The molecule has 0 radical (unpaired) electrons. The summed E-state index contributed by atoms with van der Waals surface area (Å²) in [5, 5.41) is 0. The molecule has 18 heavy (non-hydrogen) atoms. The van der Waals surface area contributed by atoms with Gasteiger partial charge in [0.05, 0.1) is 6.04 Å². The van der Waals surface area contributed by atoms with Crippen molar-refractivity contribution in [1.29, 1.82) is 0 Å². The second-order valence-corrected chi connectivity index (χ2v) is 5.36. The van der Waals surface area contributed by atoms with Crippen LogP contribution in [0.5, 0.6) is 0 Å². The van der Waals surface area contributed by atoms with Crippen molar-refractivity contribution in [2.24, 2.45) is 17.6 Å². The van der Waals surface area contributed by atoms with Crippen LogP contribution < -0.4 is 5.73 Å². The van der Waals surface area contributed by atoms with Gasteiger partial charge in [0, 0.05) is 5.57 Å². The lowest BCUT2D eigenvalue weighted by Crippen LogP contribution is -2.54. The van der Waals surface area contributed by atoms with Gasteiger partial charge in [-0.3, -0.25) is 0 Å². The van der Waals surface area contributed by atoms with Gasteiger partial charge < -0.3 is 10.5 Å². The van der Waals surface area contributed by atoms with E-state index in [0.29, 0.717) is 11.8 Å². The molecule has 1 aliphatic rings. The third kappa shape index (κ3) is 2.17. The maximum absolute atomic E-state index is 6.45. The van der Waals surface area contributed by atoms with Crippen molar-refractivity contribution in [3.8, 4) is 0 Å². The van der Waals surface area contributed by atoms with Gasteiger partial charge in [-0.05, 0) is 17.9 Å². The maximum Gasteiger partial charge on any atom is 0.133 e. The molecule has 0 aromatic carbocycles. The number of nitrogens with two attached hydrogens (primary N) is 1. The van der Waals surface area contributed by atoms with Crippen molar-refractivity contribution in [2.75, 3.05) is 0 Å². The second kappa shape index (κ2) is 5.57. The van der Waals surface area contributed by atoms with E-state index in [2.05, 4.69) is 40.9 Å². The third-order valence-corrected chi connectivity index (χ3v) is 3.79. The monoisotopic (exact) mass is 247 g/mol. The Labute approximate surface area is 111 Å². The molecule has 0 fully saturated rings. The highest BCUT2D eigenvalue weighted by atomic mass is 16.5. The molecule has 0 aliphatic carbocycles. The minimum Gasteiger partial charge on any atom is -0.484 e. The Kier molecular flexibility index (Phi) is 4.58. The SMILES string of the molecule is C=C/C=C\C1=C(C=C)OC(C(C)C)(C(C)C)[C@@H]1N. The Morgan fingerprint density at radius 1 is 1.22 bits per heavy atom. The largest absolute Gasteiger partial charge is 0.484 e. The lowest BCUT2D eigenvalue weighted by atomic mass is 9.74. The summed E-state index contributed by atoms with van der Waals surface area (Å²) in [6, 6.07) is -0.137. The predicted molar refractivity (Wildman–Crippen MR) is 78.0 cm³/mol. The standard InChI is InChI=1S/C16H25NO/c1-7-9-10-13-14(8-2)18-16(11(3)4,12(5)6)15(13)17/h7-12,15H,1-2,17H2,3-6H3/b10-9-/t15-/m1/s1. The van der Waals surface area contributed by atoms with E-state index in [-0.39, 0.29) is 11.6 Å². The number of rotatable bonds is 5.